The van der Waals surface area contributed by atoms with Crippen LogP contribution in [-0.2, 0) is 6.54 Å². The lowest BCUT2D eigenvalue weighted by Crippen LogP contribution is -2.55. The zero-order valence-corrected chi connectivity index (χ0v) is 17.0. The number of fused-ring (bicyclic) bond motifs is 2. The van der Waals surface area contributed by atoms with E-state index in [-0.39, 0.29) is 24.2 Å². The molecule has 2 aliphatic heterocycles. The molecule has 0 aliphatic carbocycles. The summed E-state index contributed by atoms with van der Waals surface area (Å²) < 4.78 is 27.2. The lowest BCUT2D eigenvalue weighted by Gasteiger charge is -2.44. The minimum absolute atomic E-state index is 0.00962. The van der Waals surface area contributed by atoms with Crippen molar-refractivity contribution in [2.24, 2.45) is 0 Å². The lowest BCUT2D eigenvalue weighted by atomic mass is 10.0. The molecule has 1 fully saturated rings. The maximum absolute atomic E-state index is 13.8. The molecule has 5 nitrogen and oxygen atoms in total. The molecule has 2 amide bonds. The molecule has 0 aromatic heterocycles. The third-order valence-corrected chi connectivity index (χ3v) is 5.93. The molecule has 2 aromatic rings. The standard InChI is InChI=1S/C23H25F2N3O2/c1-2-27-20-13-15(22(29)26-14-16-12-17(24)8-10-19(16)25)7-9-18(20)23(30)28-11-5-3-4-6-21(27)28/h7-10,12-13,21H,2-6,11,14H2,1H3,(H,26,29). The summed E-state index contributed by atoms with van der Waals surface area (Å²) in [5.41, 5.74) is 1.83. The molecule has 0 spiro atoms. The molecule has 1 atom stereocenters. The van der Waals surface area contributed by atoms with Crippen molar-refractivity contribution in [3.8, 4) is 0 Å². The van der Waals surface area contributed by atoms with Gasteiger partial charge < -0.3 is 15.1 Å². The molecule has 1 saturated heterocycles. The predicted octanol–water partition coefficient (Wildman–Crippen LogP) is 4.08. The first-order valence-electron chi connectivity index (χ1n) is 10.4. The van der Waals surface area contributed by atoms with Crippen LogP contribution in [-0.4, -0.2) is 36.0 Å². The number of hydrogen-bond donors (Lipinski definition) is 1. The van der Waals surface area contributed by atoms with E-state index in [0.29, 0.717) is 11.1 Å². The molecule has 0 bridgehead atoms. The summed E-state index contributed by atoms with van der Waals surface area (Å²) in [6.07, 6.45) is 4.11. The smallest absolute Gasteiger partial charge is 0.257 e. The van der Waals surface area contributed by atoms with Crippen LogP contribution >= 0.6 is 0 Å². The molecule has 2 heterocycles. The van der Waals surface area contributed by atoms with Crippen LogP contribution < -0.4 is 10.2 Å². The van der Waals surface area contributed by atoms with Crippen molar-refractivity contribution >= 4 is 17.5 Å². The van der Waals surface area contributed by atoms with Gasteiger partial charge in [0.25, 0.3) is 11.8 Å². The summed E-state index contributed by atoms with van der Waals surface area (Å²) in [6, 6.07) is 8.19. The van der Waals surface area contributed by atoms with Crippen LogP contribution in [0.1, 0.15) is 58.9 Å². The fraction of sp³-hybridized carbons (Fsp3) is 0.391. The van der Waals surface area contributed by atoms with Gasteiger partial charge in [-0.15, -0.1) is 0 Å². The quantitative estimate of drug-likeness (QED) is 0.822. The highest BCUT2D eigenvalue weighted by Gasteiger charge is 2.37. The van der Waals surface area contributed by atoms with Crippen LogP contribution in [0.3, 0.4) is 0 Å². The summed E-state index contributed by atoms with van der Waals surface area (Å²) in [4.78, 5) is 29.9. The van der Waals surface area contributed by atoms with Gasteiger partial charge in [-0.25, -0.2) is 8.78 Å². The number of rotatable bonds is 4. The van der Waals surface area contributed by atoms with Crippen molar-refractivity contribution in [2.75, 3.05) is 18.0 Å². The zero-order valence-electron chi connectivity index (χ0n) is 17.0. The first-order valence-corrected chi connectivity index (χ1v) is 10.4. The number of nitrogens with one attached hydrogen (secondary N) is 1. The van der Waals surface area contributed by atoms with E-state index >= 15 is 0 Å². The zero-order chi connectivity index (χ0) is 21.3. The van der Waals surface area contributed by atoms with Gasteiger partial charge in [0.05, 0.1) is 11.3 Å². The van der Waals surface area contributed by atoms with E-state index in [9.17, 15) is 18.4 Å². The van der Waals surface area contributed by atoms with Gasteiger partial charge in [-0.1, -0.05) is 6.42 Å². The Kier molecular flexibility index (Phi) is 5.70. The number of carbonyl (C=O) groups is 2. The van der Waals surface area contributed by atoms with Gasteiger partial charge in [-0.3, -0.25) is 9.59 Å². The molecule has 1 unspecified atom stereocenters. The van der Waals surface area contributed by atoms with Gasteiger partial charge in [0.2, 0.25) is 0 Å². The van der Waals surface area contributed by atoms with Gasteiger partial charge in [0.1, 0.15) is 17.8 Å². The molecular weight excluding hydrogens is 388 g/mol. The predicted molar refractivity (Wildman–Crippen MR) is 110 cm³/mol. The van der Waals surface area contributed by atoms with Crippen LogP contribution in [0.5, 0.6) is 0 Å². The van der Waals surface area contributed by atoms with E-state index in [1.165, 1.54) is 0 Å². The fourth-order valence-electron chi connectivity index (χ4n) is 4.40. The Morgan fingerprint density at radius 2 is 1.97 bits per heavy atom. The Balaban J connectivity index is 1.58. The Morgan fingerprint density at radius 1 is 1.13 bits per heavy atom. The molecule has 0 saturated carbocycles. The molecule has 0 radical (unpaired) electrons. The average Bonchev–Trinajstić information content (AvgIpc) is 3.00. The van der Waals surface area contributed by atoms with Crippen molar-refractivity contribution < 1.29 is 18.4 Å². The summed E-state index contributed by atoms with van der Waals surface area (Å²) >= 11 is 0. The highest BCUT2D eigenvalue weighted by atomic mass is 19.1. The monoisotopic (exact) mass is 413 g/mol. The minimum atomic E-state index is -0.571. The number of amides is 2. The molecule has 7 heteroatoms. The Morgan fingerprint density at radius 3 is 2.77 bits per heavy atom. The van der Waals surface area contributed by atoms with Crippen LogP contribution in [0.15, 0.2) is 36.4 Å². The van der Waals surface area contributed by atoms with Crippen LogP contribution in [0.25, 0.3) is 0 Å². The molecule has 2 aliphatic rings. The number of nitrogens with zero attached hydrogens (tertiary/aromatic N) is 2. The number of carbonyl (C=O) groups excluding carboxylic acids is 2. The molecular formula is C23H25F2N3O2. The summed E-state index contributed by atoms with van der Waals surface area (Å²) in [7, 11) is 0. The molecule has 1 N–H and O–H groups in total. The average molecular weight is 413 g/mol. The fourth-order valence-corrected chi connectivity index (χ4v) is 4.40. The summed E-state index contributed by atoms with van der Waals surface area (Å²) in [6.45, 7) is 3.40. The van der Waals surface area contributed by atoms with Crippen LogP contribution in [0, 0.1) is 11.6 Å². The van der Waals surface area contributed by atoms with E-state index in [0.717, 1.165) is 62.7 Å². The Hall–Kier alpha value is -2.96. The van der Waals surface area contributed by atoms with Crippen LogP contribution in [0.2, 0.25) is 0 Å². The second-order valence-electron chi connectivity index (χ2n) is 7.76. The van der Waals surface area contributed by atoms with Gasteiger partial charge in [-0.2, -0.15) is 0 Å². The normalized spacial score (nSPS) is 18.5. The first-order chi connectivity index (χ1) is 14.5. The van der Waals surface area contributed by atoms with Gasteiger partial charge in [0.15, 0.2) is 0 Å². The summed E-state index contributed by atoms with van der Waals surface area (Å²) in [5.74, 6) is -1.51. The first kappa shape index (κ1) is 20.3. The van der Waals surface area contributed by atoms with Crippen molar-refractivity contribution in [1.29, 1.82) is 0 Å². The van der Waals surface area contributed by atoms with E-state index in [4.69, 9.17) is 0 Å². The van der Waals surface area contributed by atoms with Crippen molar-refractivity contribution in [2.45, 2.75) is 45.3 Å². The highest BCUT2D eigenvalue weighted by Crippen LogP contribution is 2.35. The molecule has 158 valence electrons. The summed E-state index contributed by atoms with van der Waals surface area (Å²) in [5, 5.41) is 2.64. The van der Waals surface area contributed by atoms with Crippen molar-refractivity contribution in [3.63, 3.8) is 0 Å². The van der Waals surface area contributed by atoms with Gasteiger partial charge >= 0.3 is 0 Å². The van der Waals surface area contributed by atoms with Crippen molar-refractivity contribution in [1.82, 2.24) is 10.2 Å². The number of anilines is 1. The number of halogens is 2. The number of hydrogen-bond acceptors (Lipinski definition) is 3. The lowest BCUT2D eigenvalue weighted by molar-refractivity contribution is 0.0656. The van der Waals surface area contributed by atoms with E-state index in [1.807, 2.05) is 11.8 Å². The second-order valence-corrected chi connectivity index (χ2v) is 7.76. The van der Waals surface area contributed by atoms with Gasteiger partial charge in [-0.05, 0) is 62.6 Å². The molecule has 30 heavy (non-hydrogen) atoms. The Bertz CT molecular complexity index is 979. The maximum Gasteiger partial charge on any atom is 0.257 e. The maximum atomic E-state index is 13.8. The highest BCUT2D eigenvalue weighted by molar-refractivity contribution is 6.04. The topological polar surface area (TPSA) is 52.7 Å². The van der Waals surface area contributed by atoms with E-state index < -0.39 is 17.5 Å². The molecule has 2 aromatic carbocycles. The van der Waals surface area contributed by atoms with E-state index in [1.54, 1.807) is 18.2 Å². The van der Waals surface area contributed by atoms with E-state index in [2.05, 4.69) is 10.2 Å². The van der Waals surface area contributed by atoms with Crippen LogP contribution in [0.4, 0.5) is 14.5 Å². The third kappa shape index (κ3) is 3.76. The minimum Gasteiger partial charge on any atom is -0.351 e. The second kappa shape index (κ2) is 8.42. The molecule has 4 rings (SSSR count). The Labute approximate surface area is 174 Å². The SMILES string of the molecule is CCN1c2cc(C(=O)NCc3cc(F)ccc3F)ccc2C(=O)N2CCCCCC21. The number of benzene rings is 2. The third-order valence-electron chi connectivity index (χ3n) is 5.93. The largest absolute Gasteiger partial charge is 0.351 e. The van der Waals surface area contributed by atoms with Gasteiger partial charge in [0, 0.05) is 30.8 Å². The van der Waals surface area contributed by atoms with Crippen molar-refractivity contribution in [3.05, 3.63) is 64.7 Å².